The van der Waals surface area contributed by atoms with Crippen LogP contribution in [0.3, 0.4) is 0 Å². The fourth-order valence-electron chi connectivity index (χ4n) is 2.56. The molecule has 0 aliphatic carbocycles. The van der Waals surface area contributed by atoms with E-state index < -0.39 is 0 Å². The molecule has 6 nitrogen and oxygen atoms in total. The summed E-state index contributed by atoms with van der Waals surface area (Å²) in [5.74, 6) is -0.259. The van der Waals surface area contributed by atoms with Crippen LogP contribution in [0.25, 0.3) is 0 Å². The molecule has 0 radical (unpaired) electrons. The second-order valence-corrected chi connectivity index (χ2v) is 6.00. The maximum Gasteiger partial charge on any atom is 0.251 e. The summed E-state index contributed by atoms with van der Waals surface area (Å²) < 4.78 is 5.49. The lowest BCUT2D eigenvalue weighted by atomic mass is 10.1. The molecule has 2 rings (SSSR count). The number of carbonyl (C=O) groups is 2. The van der Waals surface area contributed by atoms with Gasteiger partial charge in [-0.3, -0.25) is 9.59 Å². The molecular formula is C18H27N3O3. The second kappa shape index (κ2) is 10.1. The molecule has 24 heavy (non-hydrogen) atoms. The number of amides is 2. The van der Waals surface area contributed by atoms with Gasteiger partial charge in [-0.05, 0) is 44.0 Å². The van der Waals surface area contributed by atoms with E-state index in [9.17, 15) is 9.59 Å². The Morgan fingerprint density at radius 3 is 2.96 bits per heavy atom. The van der Waals surface area contributed by atoms with Gasteiger partial charge in [0.25, 0.3) is 5.91 Å². The first kappa shape index (κ1) is 18.4. The van der Waals surface area contributed by atoms with E-state index in [-0.39, 0.29) is 24.5 Å². The molecule has 0 bridgehead atoms. The Balaban J connectivity index is 1.79. The van der Waals surface area contributed by atoms with Crippen LogP contribution in [0, 0.1) is 0 Å². The van der Waals surface area contributed by atoms with Crippen LogP contribution in [0.15, 0.2) is 24.3 Å². The molecule has 1 aromatic rings. The zero-order chi connectivity index (χ0) is 17.2. The summed E-state index contributed by atoms with van der Waals surface area (Å²) in [6.07, 6.45) is 4.30. The minimum absolute atomic E-state index is 0.108. The van der Waals surface area contributed by atoms with Crippen LogP contribution in [-0.4, -0.2) is 44.2 Å². The fraction of sp³-hybridized carbons (Fsp3) is 0.556. The molecule has 1 saturated heterocycles. The average molecular weight is 333 g/mol. The van der Waals surface area contributed by atoms with Crippen molar-refractivity contribution in [3.63, 3.8) is 0 Å². The second-order valence-electron chi connectivity index (χ2n) is 6.00. The molecule has 0 saturated carbocycles. The summed E-state index contributed by atoms with van der Waals surface area (Å²) >= 11 is 0. The number of nitrogens with one attached hydrogen (secondary N) is 3. The van der Waals surface area contributed by atoms with E-state index in [0.29, 0.717) is 17.8 Å². The molecule has 0 spiro atoms. The summed E-state index contributed by atoms with van der Waals surface area (Å²) in [6, 6.07) is 6.97. The highest BCUT2D eigenvalue weighted by molar-refractivity contribution is 5.97. The van der Waals surface area contributed by atoms with E-state index in [2.05, 4.69) is 22.9 Å². The van der Waals surface area contributed by atoms with Crippen molar-refractivity contribution in [3.8, 4) is 0 Å². The van der Waals surface area contributed by atoms with E-state index in [1.54, 1.807) is 24.3 Å². The standard InChI is InChI=1S/C18H27N3O3/c1-2-3-9-19-13-17(22)21-15-7-4-6-14(11-15)18(23)20-12-16-8-5-10-24-16/h4,6-7,11,16,19H,2-3,5,8-10,12-13H2,1H3,(H,20,23)(H,21,22). The van der Waals surface area contributed by atoms with Gasteiger partial charge >= 0.3 is 0 Å². The number of rotatable bonds is 9. The Kier molecular flexibility index (Phi) is 7.71. The largest absolute Gasteiger partial charge is 0.376 e. The van der Waals surface area contributed by atoms with Gasteiger partial charge in [-0.15, -0.1) is 0 Å². The Labute approximate surface area is 143 Å². The van der Waals surface area contributed by atoms with Gasteiger partial charge in [0, 0.05) is 24.4 Å². The Bertz CT molecular complexity index is 542. The number of benzene rings is 1. The predicted molar refractivity (Wildman–Crippen MR) is 94.2 cm³/mol. The molecule has 1 aromatic carbocycles. The number of carbonyl (C=O) groups excluding carboxylic acids is 2. The Morgan fingerprint density at radius 2 is 2.21 bits per heavy atom. The molecule has 2 amide bonds. The maximum atomic E-state index is 12.2. The maximum absolute atomic E-state index is 12.2. The van der Waals surface area contributed by atoms with Crippen LogP contribution in [0.2, 0.25) is 0 Å². The van der Waals surface area contributed by atoms with Crippen molar-refractivity contribution in [1.29, 1.82) is 0 Å². The van der Waals surface area contributed by atoms with Gasteiger partial charge < -0.3 is 20.7 Å². The smallest absolute Gasteiger partial charge is 0.251 e. The van der Waals surface area contributed by atoms with Crippen molar-refractivity contribution in [2.75, 3.05) is 31.6 Å². The van der Waals surface area contributed by atoms with Crippen LogP contribution in [0.4, 0.5) is 5.69 Å². The summed E-state index contributed by atoms with van der Waals surface area (Å²) in [5, 5.41) is 8.78. The molecule has 132 valence electrons. The van der Waals surface area contributed by atoms with E-state index in [4.69, 9.17) is 4.74 Å². The third-order valence-electron chi connectivity index (χ3n) is 3.92. The lowest BCUT2D eigenvalue weighted by Gasteiger charge is -2.12. The lowest BCUT2D eigenvalue weighted by Crippen LogP contribution is -2.32. The van der Waals surface area contributed by atoms with E-state index in [1.165, 1.54) is 0 Å². The first-order chi connectivity index (χ1) is 11.7. The molecule has 3 N–H and O–H groups in total. The van der Waals surface area contributed by atoms with Crippen molar-refractivity contribution in [3.05, 3.63) is 29.8 Å². The molecule has 1 aliphatic rings. The number of ether oxygens (including phenoxy) is 1. The van der Waals surface area contributed by atoms with Crippen molar-refractivity contribution in [2.45, 2.75) is 38.7 Å². The fourth-order valence-corrected chi connectivity index (χ4v) is 2.56. The highest BCUT2D eigenvalue weighted by Gasteiger charge is 2.16. The van der Waals surface area contributed by atoms with Gasteiger partial charge in [-0.1, -0.05) is 19.4 Å². The van der Waals surface area contributed by atoms with Crippen molar-refractivity contribution < 1.29 is 14.3 Å². The van der Waals surface area contributed by atoms with Crippen LogP contribution in [0.1, 0.15) is 43.0 Å². The first-order valence-electron chi connectivity index (χ1n) is 8.69. The van der Waals surface area contributed by atoms with Gasteiger partial charge in [0.2, 0.25) is 5.91 Å². The zero-order valence-electron chi connectivity index (χ0n) is 14.3. The van der Waals surface area contributed by atoms with E-state index in [0.717, 1.165) is 38.8 Å². The summed E-state index contributed by atoms with van der Waals surface area (Å²) in [7, 11) is 0. The third-order valence-corrected chi connectivity index (χ3v) is 3.92. The quantitative estimate of drug-likeness (QED) is 0.603. The van der Waals surface area contributed by atoms with Gasteiger partial charge in [0.15, 0.2) is 0 Å². The number of hydrogen-bond donors (Lipinski definition) is 3. The average Bonchev–Trinajstić information content (AvgIpc) is 3.10. The summed E-state index contributed by atoms with van der Waals surface area (Å²) in [5.41, 5.74) is 1.16. The van der Waals surface area contributed by atoms with Crippen LogP contribution in [-0.2, 0) is 9.53 Å². The van der Waals surface area contributed by atoms with Crippen molar-refractivity contribution >= 4 is 17.5 Å². The third kappa shape index (κ3) is 6.29. The normalized spacial score (nSPS) is 16.8. The van der Waals surface area contributed by atoms with Gasteiger partial charge in [0.1, 0.15) is 0 Å². The minimum Gasteiger partial charge on any atom is -0.376 e. The Morgan fingerprint density at radius 1 is 1.33 bits per heavy atom. The summed E-state index contributed by atoms with van der Waals surface area (Å²) in [4.78, 5) is 24.1. The minimum atomic E-state index is -0.150. The topological polar surface area (TPSA) is 79.5 Å². The molecule has 1 atom stereocenters. The van der Waals surface area contributed by atoms with Crippen molar-refractivity contribution in [2.24, 2.45) is 0 Å². The zero-order valence-corrected chi connectivity index (χ0v) is 14.3. The molecule has 1 heterocycles. The first-order valence-corrected chi connectivity index (χ1v) is 8.69. The highest BCUT2D eigenvalue weighted by atomic mass is 16.5. The molecule has 0 aromatic heterocycles. The van der Waals surface area contributed by atoms with Crippen LogP contribution >= 0.6 is 0 Å². The number of hydrogen-bond acceptors (Lipinski definition) is 4. The molecular weight excluding hydrogens is 306 g/mol. The van der Waals surface area contributed by atoms with E-state index in [1.807, 2.05) is 0 Å². The van der Waals surface area contributed by atoms with Gasteiger partial charge in [0.05, 0.1) is 12.6 Å². The number of anilines is 1. The summed E-state index contributed by atoms with van der Waals surface area (Å²) in [6.45, 7) is 4.51. The van der Waals surface area contributed by atoms with Crippen LogP contribution < -0.4 is 16.0 Å². The van der Waals surface area contributed by atoms with E-state index >= 15 is 0 Å². The SMILES string of the molecule is CCCCNCC(=O)Nc1cccc(C(=O)NCC2CCCO2)c1. The Hall–Kier alpha value is -1.92. The lowest BCUT2D eigenvalue weighted by molar-refractivity contribution is -0.115. The molecule has 1 fully saturated rings. The predicted octanol–water partition coefficient (Wildman–Crippen LogP) is 1.92. The molecule has 6 heteroatoms. The van der Waals surface area contributed by atoms with Gasteiger partial charge in [-0.2, -0.15) is 0 Å². The molecule has 1 unspecified atom stereocenters. The monoisotopic (exact) mass is 333 g/mol. The number of unbranched alkanes of at least 4 members (excludes halogenated alkanes) is 1. The highest BCUT2D eigenvalue weighted by Crippen LogP contribution is 2.13. The van der Waals surface area contributed by atoms with Crippen LogP contribution in [0.5, 0.6) is 0 Å². The van der Waals surface area contributed by atoms with Gasteiger partial charge in [-0.25, -0.2) is 0 Å². The molecule has 1 aliphatic heterocycles. The van der Waals surface area contributed by atoms with Crippen molar-refractivity contribution in [1.82, 2.24) is 10.6 Å².